The van der Waals surface area contributed by atoms with Gasteiger partial charge in [-0.1, -0.05) is 0 Å². The Morgan fingerprint density at radius 2 is 2.41 bits per heavy atom. The molecule has 2 rings (SSSR count). The van der Waals surface area contributed by atoms with Crippen molar-refractivity contribution in [2.45, 2.75) is 26.2 Å². The summed E-state index contributed by atoms with van der Waals surface area (Å²) in [5.41, 5.74) is 1.34. The van der Waals surface area contributed by atoms with Gasteiger partial charge >= 0.3 is 0 Å². The molecular weight excluding hydrogens is 294 g/mol. The van der Waals surface area contributed by atoms with Gasteiger partial charge in [-0.05, 0) is 49.7 Å². The molecule has 1 fully saturated rings. The quantitative estimate of drug-likeness (QED) is 0.474. The van der Waals surface area contributed by atoms with Gasteiger partial charge in [-0.25, -0.2) is 0 Å². The summed E-state index contributed by atoms with van der Waals surface area (Å²) in [4.78, 5) is 7.20. The van der Waals surface area contributed by atoms with Crippen molar-refractivity contribution in [1.82, 2.24) is 20.0 Å². The van der Waals surface area contributed by atoms with Crippen molar-refractivity contribution in [3.05, 3.63) is 18.0 Å². The van der Waals surface area contributed by atoms with E-state index in [4.69, 9.17) is 4.99 Å². The number of hydrogen-bond donors (Lipinski definition) is 1. The molecule has 0 aromatic carbocycles. The summed E-state index contributed by atoms with van der Waals surface area (Å²) in [6.07, 6.45) is 9.79. The molecule has 124 valence electrons. The summed E-state index contributed by atoms with van der Waals surface area (Å²) >= 11 is 1.89. The van der Waals surface area contributed by atoms with Crippen LogP contribution in [0.1, 0.15) is 25.3 Å². The lowest BCUT2D eigenvalue weighted by Gasteiger charge is -2.21. The molecule has 0 saturated carbocycles. The summed E-state index contributed by atoms with van der Waals surface area (Å²) in [5.74, 6) is 2.99. The van der Waals surface area contributed by atoms with Gasteiger partial charge in [0.25, 0.3) is 0 Å². The predicted octanol–water partition coefficient (Wildman–Crippen LogP) is 2.00. The molecule has 22 heavy (non-hydrogen) atoms. The normalized spacial score (nSPS) is 19.0. The molecule has 5 nitrogen and oxygen atoms in total. The minimum Gasteiger partial charge on any atom is -0.357 e. The van der Waals surface area contributed by atoms with Crippen molar-refractivity contribution in [1.29, 1.82) is 0 Å². The third-order valence-corrected chi connectivity index (χ3v) is 4.67. The lowest BCUT2D eigenvalue weighted by molar-refractivity contribution is 0.460. The molecule has 0 spiro atoms. The maximum absolute atomic E-state index is 4.78. The van der Waals surface area contributed by atoms with Crippen LogP contribution in [-0.4, -0.2) is 58.8 Å². The van der Waals surface area contributed by atoms with Crippen LogP contribution in [0.15, 0.2) is 17.4 Å². The molecule has 1 aromatic rings. The SMILES string of the molecule is CCNC(=NCCCSC)N1CCC(Cc2cnn(C)c2)C1. The van der Waals surface area contributed by atoms with Crippen molar-refractivity contribution >= 4 is 17.7 Å². The second-order valence-corrected chi connectivity index (χ2v) is 6.89. The highest BCUT2D eigenvalue weighted by Crippen LogP contribution is 2.20. The zero-order valence-electron chi connectivity index (χ0n) is 14.1. The number of guanidine groups is 1. The molecule has 0 bridgehead atoms. The van der Waals surface area contributed by atoms with Gasteiger partial charge in [-0.2, -0.15) is 16.9 Å². The maximum atomic E-state index is 4.78. The minimum atomic E-state index is 0.708. The first-order chi connectivity index (χ1) is 10.7. The third kappa shape index (κ3) is 5.23. The number of aromatic nitrogens is 2. The van der Waals surface area contributed by atoms with E-state index in [0.29, 0.717) is 5.92 Å². The molecule has 0 radical (unpaired) electrons. The number of rotatable bonds is 7. The van der Waals surface area contributed by atoms with E-state index >= 15 is 0 Å². The lowest BCUT2D eigenvalue weighted by atomic mass is 10.0. The Kier molecular flexibility index (Phi) is 7.09. The molecule has 1 aromatic heterocycles. The number of nitrogens with zero attached hydrogens (tertiary/aromatic N) is 4. The van der Waals surface area contributed by atoms with Gasteiger partial charge in [0.2, 0.25) is 0 Å². The summed E-state index contributed by atoms with van der Waals surface area (Å²) in [6, 6.07) is 0. The predicted molar refractivity (Wildman–Crippen MR) is 95.6 cm³/mol. The lowest BCUT2D eigenvalue weighted by Crippen LogP contribution is -2.40. The monoisotopic (exact) mass is 323 g/mol. The molecule has 1 aliphatic heterocycles. The Labute approximate surface area is 138 Å². The zero-order valence-corrected chi connectivity index (χ0v) is 14.9. The highest BCUT2D eigenvalue weighted by Gasteiger charge is 2.25. The fourth-order valence-electron chi connectivity index (χ4n) is 2.92. The molecule has 0 amide bonds. The molecule has 1 N–H and O–H groups in total. The summed E-state index contributed by atoms with van der Waals surface area (Å²) in [7, 11) is 1.98. The molecule has 1 aliphatic rings. The summed E-state index contributed by atoms with van der Waals surface area (Å²) in [5, 5.41) is 7.71. The second-order valence-electron chi connectivity index (χ2n) is 5.91. The van der Waals surface area contributed by atoms with Crippen molar-refractivity contribution < 1.29 is 0 Å². The average molecular weight is 324 g/mol. The molecule has 6 heteroatoms. The van der Waals surface area contributed by atoms with Crippen molar-refractivity contribution in [3.8, 4) is 0 Å². The van der Waals surface area contributed by atoms with E-state index in [2.05, 4.69) is 34.7 Å². The number of hydrogen-bond acceptors (Lipinski definition) is 3. The van der Waals surface area contributed by atoms with Crippen LogP contribution in [0.4, 0.5) is 0 Å². The van der Waals surface area contributed by atoms with E-state index in [1.165, 1.54) is 17.7 Å². The fourth-order valence-corrected chi connectivity index (χ4v) is 3.34. The van der Waals surface area contributed by atoms with E-state index in [9.17, 15) is 0 Å². The van der Waals surface area contributed by atoms with Gasteiger partial charge in [0.1, 0.15) is 0 Å². The van der Waals surface area contributed by atoms with E-state index in [1.54, 1.807) is 0 Å². The van der Waals surface area contributed by atoms with Gasteiger partial charge in [-0.15, -0.1) is 0 Å². The molecular formula is C16H29N5S. The van der Waals surface area contributed by atoms with Crippen LogP contribution in [0, 0.1) is 5.92 Å². The van der Waals surface area contributed by atoms with Gasteiger partial charge in [0, 0.05) is 39.4 Å². The first-order valence-corrected chi connectivity index (χ1v) is 9.62. The van der Waals surface area contributed by atoms with Crippen LogP contribution in [0.25, 0.3) is 0 Å². The summed E-state index contributed by atoms with van der Waals surface area (Å²) < 4.78 is 1.89. The highest BCUT2D eigenvalue weighted by molar-refractivity contribution is 7.98. The minimum absolute atomic E-state index is 0.708. The topological polar surface area (TPSA) is 45.5 Å². The number of aliphatic imine (C=N–C) groups is 1. The summed E-state index contributed by atoms with van der Waals surface area (Å²) in [6.45, 7) is 6.21. The molecule has 2 heterocycles. The van der Waals surface area contributed by atoms with E-state index in [-0.39, 0.29) is 0 Å². The number of nitrogens with one attached hydrogen (secondary N) is 1. The first-order valence-electron chi connectivity index (χ1n) is 8.22. The zero-order chi connectivity index (χ0) is 15.8. The smallest absolute Gasteiger partial charge is 0.193 e. The van der Waals surface area contributed by atoms with E-state index < -0.39 is 0 Å². The average Bonchev–Trinajstić information content (AvgIpc) is 3.12. The standard InChI is InChI=1S/C16H29N5S/c1-4-17-16(18-7-5-9-22-3)21-8-6-14(13-21)10-15-11-19-20(2)12-15/h11-12,14H,4-10,13H2,1-3H3,(H,17,18). The molecule has 1 atom stereocenters. The van der Waals surface area contributed by atoms with Crippen LogP contribution in [0.3, 0.4) is 0 Å². The Balaban J connectivity index is 1.85. The van der Waals surface area contributed by atoms with Crippen LogP contribution in [-0.2, 0) is 13.5 Å². The molecule has 0 aliphatic carbocycles. The first kappa shape index (κ1) is 17.2. The maximum Gasteiger partial charge on any atom is 0.193 e. The second kappa shape index (κ2) is 9.08. The van der Waals surface area contributed by atoms with Crippen LogP contribution in [0.5, 0.6) is 0 Å². The van der Waals surface area contributed by atoms with Crippen LogP contribution in [0.2, 0.25) is 0 Å². The van der Waals surface area contributed by atoms with Crippen LogP contribution >= 0.6 is 11.8 Å². The number of thioether (sulfide) groups is 1. The molecule has 1 saturated heterocycles. The Bertz CT molecular complexity index is 471. The Morgan fingerprint density at radius 1 is 1.55 bits per heavy atom. The van der Waals surface area contributed by atoms with Crippen molar-refractivity contribution in [3.63, 3.8) is 0 Å². The van der Waals surface area contributed by atoms with Gasteiger partial charge in [0.05, 0.1) is 6.20 Å². The molecule has 1 unspecified atom stereocenters. The highest BCUT2D eigenvalue weighted by atomic mass is 32.2. The fraction of sp³-hybridized carbons (Fsp3) is 0.750. The van der Waals surface area contributed by atoms with E-state index in [0.717, 1.165) is 45.0 Å². The van der Waals surface area contributed by atoms with Crippen molar-refractivity contribution in [2.24, 2.45) is 18.0 Å². The van der Waals surface area contributed by atoms with E-state index in [1.807, 2.05) is 29.7 Å². The van der Waals surface area contributed by atoms with Crippen molar-refractivity contribution in [2.75, 3.05) is 38.2 Å². The van der Waals surface area contributed by atoms with Crippen LogP contribution < -0.4 is 5.32 Å². The number of aryl methyl sites for hydroxylation is 1. The van der Waals surface area contributed by atoms with Gasteiger partial charge < -0.3 is 10.2 Å². The van der Waals surface area contributed by atoms with Gasteiger partial charge in [0.15, 0.2) is 5.96 Å². The number of likely N-dealkylation sites (tertiary alicyclic amines) is 1. The largest absolute Gasteiger partial charge is 0.357 e. The van der Waals surface area contributed by atoms with Gasteiger partial charge in [-0.3, -0.25) is 9.67 Å². The Morgan fingerprint density at radius 3 is 3.09 bits per heavy atom. The Hall–Kier alpha value is -1.17. The third-order valence-electron chi connectivity index (χ3n) is 3.97.